The van der Waals surface area contributed by atoms with Crippen LogP contribution < -0.4 is 0 Å². The molecule has 0 bridgehead atoms. The average molecular weight is 298 g/mol. The number of halogens is 1. The minimum Gasteiger partial charge on any atom is -0.411 e. The number of likely N-dealkylation sites (tertiary alicyclic amines) is 1. The van der Waals surface area contributed by atoms with Gasteiger partial charge >= 0.3 is 0 Å². The lowest BCUT2D eigenvalue weighted by Gasteiger charge is -2.32. The van der Waals surface area contributed by atoms with Crippen LogP contribution in [0.4, 0.5) is 4.39 Å². The first kappa shape index (κ1) is 14.7. The van der Waals surface area contributed by atoms with E-state index in [0.29, 0.717) is 6.54 Å². The lowest BCUT2D eigenvalue weighted by molar-refractivity contribution is 0.258. The average Bonchev–Trinajstić information content (AvgIpc) is 2.56. The molecule has 1 unspecified atom stereocenters. The Kier molecular flexibility index (Phi) is 4.49. The topological polar surface area (TPSA) is 35.8 Å². The second-order valence-corrected chi connectivity index (χ2v) is 5.68. The third-order valence-corrected chi connectivity index (χ3v) is 4.17. The van der Waals surface area contributed by atoms with Crippen LogP contribution in [0.25, 0.3) is 0 Å². The van der Waals surface area contributed by atoms with E-state index in [4.69, 9.17) is 0 Å². The van der Waals surface area contributed by atoms with Crippen molar-refractivity contribution in [2.24, 2.45) is 5.16 Å². The zero-order valence-electron chi connectivity index (χ0n) is 12.3. The first-order chi connectivity index (χ1) is 10.8. The van der Waals surface area contributed by atoms with Crippen LogP contribution >= 0.6 is 0 Å². The summed E-state index contributed by atoms with van der Waals surface area (Å²) in [6.45, 7) is 2.40. The number of oxime groups is 1. The molecule has 1 aliphatic heterocycles. The van der Waals surface area contributed by atoms with Crippen LogP contribution in [-0.2, 0) is 6.54 Å². The van der Waals surface area contributed by atoms with E-state index in [1.165, 1.54) is 17.7 Å². The van der Waals surface area contributed by atoms with E-state index in [0.717, 1.165) is 30.8 Å². The number of hydrogen-bond donors (Lipinski definition) is 1. The third kappa shape index (κ3) is 3.34. The van der Waals surface area contributed by atoms with Crippen LogP contribution in [0.3, 0.4) is 0 Å². The predicted octanol–water partition coefficient (Wildman–Crippen LogP) is 3.65. The smallest absolute Gasteiger partial charge is 0.123 e. The highest BCUT2D eigenvalue weighted by atomic mass is 19.1. The van der Waals surface area contributed by atoms with Gasteiger partial charge in [0.15, 0.2) is 0 Å². The van der Waals surface area contributed by atoms with Crippen molar-refractivity contribution in [1.82, 2.24) is 4.90 Å². The zero-order chi connectivity index (χ0) is 15.4. The lowest BCUT2D eigenvalue weighted by Crippen LogP contribution is -2.39. The normalized spacial score (nSPS) is 21.1. The summed E-state index contributed by atoms with van der Waals surface area (Å²) in [7, 11) is 0. The summed E-state index contributed by atoms with van der Waals surface area (Å²) in [5, 5.41) is 12.8. The standard InChI is InChI=1S/C18H19FN2O/c19-16-8-6-15(7-9-16)17-10-11-21(13-18(17)20-22)12-14-4-2-1-3-5-14/h1-9,17,22H,10-13H2/b20-18-. The molecule has 0 spiro atoms. The zero-order valence-corrected chi connectivity index (χ0v) is 12.3. The molecule has 4 heteroatoms. The fourth-order valence-electron chi connectivity index (χ4n) is 3.03. The van der Waals surface area contributed by atoms with Gasteiger partial charge in [0.05, 0.1) is 5.71 Å². The molecule has 3 rings (SSSR count). The van der Waals surface area contributed by atoms with Crippen molar-refractivity contribution in [3.8, 4) is 0 Å². The number of nitrogens with zero attached hydrogens (tertiary/aromatic N) is 2. The molecule has 22 heavy (non-hydrogen) atoms. The Morgan fingerprint density at radius 1 is 1.09 bits per heavy atom. The molecule has 1 N–H and O–H groups in total. The van der Waals surface area contributed by atoms with Gasteiger partial charge in [-0.05, 0) is 36.2 Å². The molecule has 1 heterocycles. The fourth-order valence-corrected chi connectivity index (χ4v) is 3.03. The van der Waals surface area contributed by atoms with Gasteiger partial charge in [0.25, 0.3) is 0 Å². The lowest BCUT2D eigenvalue weighted by atomic mass is 9.87. The Balaban J connectivity index is 1.70. The maximum absolute atomic E-state index is 13.0. The van der Waals surface area contributed by atoms with Gasteiger partial charge in [0.2, 0.25) is 0 Å². The summed E-state index contributed by atoms with van der Waals surface area (Å²) in [6, 6.07) is 16.7. The molecule has 1 atom stereocenters. The summed E-state index contributed by atoms with van der Waals surface area (Å²) in [5.41, 5.74) is 3.00. The molecule has 0 aromatic heterocycles. The largest absolute Gasteiger partial charge is 0.411 e. The van der Waals surface area contributed by atoms with E-state index in [2.05, 4.69) is 22.2 Å². The molecule has 2 aromatic rings. The minimum absolute atomic E-state index is 0.0672. The second kappa shape index (κ2) is 6.71. The quantitative estimate of drug-likeness (QED) is 0.693. The molecular weight excluding hydrogens is 279 g/mol. The van der Waals surface area contributed by atoms with Crippen molar-refractivity contribution in [3.05, 3.63) is 71.5 Å². The van der Waals surface area contributed by atoms with Gasteiger partial charge in [-0.25, -0.2) is 4.39 Å². The Labute approximate surface area is 129 Å². The van der Waals surface area contributed by atoms with Crippen molar-refractivity contribution >= 4 is 5.71 Å². The van der Waals surface area contributed by atoms with Gasteiger partial charge in [-0.15, -0.1) is 0 Å². The maximum atomic E-state index is 13.0. The van der Waals surface area contributed by atoms with Gasteiger partial charge < -0.3 is 5.21 Å². The summed E-state index contributed by atoms with van der Waals surface area (Å²) < 4.78 is 13.0. The number of rotatable bonds is 3. The van der Waals surface area contributed by atoms with Gasteiger partial charge in [-0.2, -0.15) is 0 Å². The Hall–Kier alpha value is -2.20. The van der Waals surface area contributed by atoms with Crippen LogP contribution in [0, 0.1) is 5.82 Å². The van der Waals surface area contributed by atoms with Crippen LogP contribution in [0.15, 0.2) is 59.8 Å². The summed E-state index contributed by atoms with van der Waals surface area (Å²) in [5.74, 6) is -0.176. The van der Waals surface area contributed by atoms with Gasteiger partial charge in [-0.3, -0.25) is 4.90 Å². The van der Waals surface area contributed by atoms with Crippen LogP contribution in [0.2, 0.25) is 0 Å². The molecule has 1 saturated heterocycles. The van der Waals surface area contributed by atoms with Crippen LogP contribution in [-0.4, -0.2) is 28.9 Å². The summed E-state index contributed by atoms with van der Waals surface area (Å²) >= 11 is 0. The van der Waals surface area contributed by atoms with E-state index < -0.39 is 0 Å². The first-order valence-corrected chi connectivity index (χ1v) is 7.49. The molecular formula is C18H19FN2O. The number of benzene rings is 2. The summed E-state index contributed by atoms with van der Waals surface area (Å²) in [6.07, 6.45) is 0.873. The summed E-state index contributed by atoms with van der Waals surface area (Å²) in [4.78, 5) is 2.27. The molecule has 2 aromatic carbocycles. The Morgan fingerprint density at radius 2 is 1.82 bits per heavy atom. The highest BCUT2D eigenvalue weighted by Crippen LogP contribution is 2.27. The Bertz CT molecular complexity index is 640. The SMILES string of the molecule is O/N=C1/CN(Cc2ccccc2)CCC1c1ccc(F)cc1. The highest BCUT2D eigenvalue weighted by Gasteiger charge is 2.27. The molecule has 1 aliphatic rings. The van der Waals surface area contributed by atoms with Crippen molar-refractivity contribution in [2.75, 3.05) is 13.1 Å². The number of hydrogen-bond acceptors (Lipinski definition) is 3. The van der Waals surface area contributed by atoms with Crippen molar-refractivity contribution in [3.63, 3.8) is 0 Å². The second-order valence-electron chi connectivity index (χ2n) is 5.68. The van der Waals surface area contributed by atoms with Crippen LogP contribution in [0.1, 0.15) is 23.5 Å². The van der Waals surface area contributed by atoms with Gasteiger partial charge in [-0.1, -0.05) is 47.6 Å². The van der Waals surface area contributed by atoms with E-state index in [9.17, 15) is 9.60 Å². The van der Waals surface area contributed by atoms with E-state index >= 15 is 0 Å². The number of piperidine rings is 1. The molecule has 114 valence electrons. The first-order valence-electron chi connectivity index (χ1n) is 7.49. The maximum Gasteiger partial charge on any atom is 0.123 e. The molecule has 0 radical (unpaired) electrons. The van der Waals surface area contributed by atoms with E-state index in [1.54, 1.807) is 12.1 Å². The van der Waals surface area contributed by atoms with E-state index in [-0.39, 0.29) is 11.7 Å². The molecule has 3 nitrogen and oxygen atoms in total. The van der Waals surface area contributed by atoms with Gasteiger partial charge in [0, 0.05) is 19.0 Å². The van der Waals surface area contributed by atoms with E-state index in [1.807, 2.05) is 18.2 Å². The highest BCUT2D eigenvalue weighted by molar-refractivity contribution is 5.92. The minimum atomic E-state index is -0.243. The molecule has 0 saturated carbocycles. The molecule has 0 amide bonds. The monoisotopic (exact) mass is 298 g/mol. The fraction of sp³-hybridized carbons (Fsp3) is 0.278. The Morgan fingerprint density at radius 3 is 2.50 bits per heavy atom. The van der Waals surface area contributed by atoms with Crippen molar-refractivity contribution in [1.29, 1.82) is 0 Å². The predicted molar refractivity (Wildman–Crippen MR) is 84.7 cm³/mol. The molecule has 0 aliphatic carbocycles. The van der Waals surface area contributed by atoms with Crippen molar-refractivity contribution < 1.29 is 9.60 Å². The van der Waals surface area contributed by atoms with Crippen LogP contribution in [0.5, 0.6) is 0 Å². The third-order valence-electron chi connectivity index (χ3n) is 4.17. The molecule has 1 fully saturated rings. The van der Waals surface area contributed by atoms with Crippen molar-refractivity contribution in [2.45, 2.75) is 18.9 Å². The van der Waals surface area contributed by atoms with Gasteiger partial charge in [0.1, 0.15) is 5.82 Å².